The van der Waals surface area contributed by atoms with E-state index in [1.54, 1.807) is 11.5 Å². The molecule has 1 heterocycles. The summed E-state index contributed by atoms with van der Waals surface area (Å²) in [5, 5.41) is 23.6. The van der Waals surface area contributed by atoms with Crippen LogP contribution in [0.3, 0.4) is 0 Å². The predicted octanol–water partition coefficient (Wildman–Crippen LogP) is 5.61. The van der Waals surface area contributed by atoms with Crippen molar-refractivity contribution in [3.05, 3.63) is 53.6 Å². The Kier molecular flexibility index (Phi) is 4.99. The lowest BCUT2D eigenvalue weighted by Gasteiger charge is -2.23. The molecule has 1 atom stereocenters. The molecule has 31 heavy (non-hydrogen) atoms. The number of aliphatic hydroxyl groups excluding tert-OH is 2. The van der Waals surface area contributed by atoms with Crippen LogP contribution in [0, 0.1) is 11.3 Å². The van der Waals surface area contributed by atoms with Gasteiger partial charge in [0.15, 0.2) is 5.76 Å². The largest absolute Gasteiger partial charge is 0.508 e. The monoisotopic (exact) mass is 422 g/mol. The van der Waals surface area contributed by atoms with Crippen molar-refractivity contribution in [1.82, 2.24) is 4.57 Å². The van der Waals surface area contributed by atoms with Crippen LogP contribution in [-0.2, 0) is 10.2 Å². The van der Waals surface area contributed by atoms with Gasteiger partial charge in [0, 0.05) is 35.5 Å². The molecule has 1 amide bonds. The third-order valence-electron chi connectivity index (χ3n) is 6.57. The SMILES string of the molecule is CC(=O)n1c(C(C)(C)C)cc2cc(NC(=O)C3(C4C=CC(O)=C(O)CC4)CC3)ccc21. The van der Waals surface area contributed by atoms with E-state index >= 15 is 0 Å². The molecule has 1 unspecified atom stereocenters. The van der Waals surface area contributed by atoms with Crippen LogP contribution in [0.25, 0.3) is 10.9 Å². The Morgan fingerprint density at radius 2 is 1.87 bits per heavy atom. The number of amides is 1. The zero-order valence-electron chi connectivity index (χ0n) is 18.5. The molecule has 0 radical (unpaired) electrons. The van der Waals surface area contributed by atoms with Gasteiger partial charge in [-0.3, -0.25) is 14.2 Å². The molecule has 6 nitrogen and oxygen atoms in total. The third kappa shape index (κ3) is 3.75. The van der Waals surface area contributed by atoms with E-state index in [1.807, 2.05) is 30.3 Å². The topological polar surface area (TPSA) is 91.6 Å². The fourth-order valence-electron chi connectivity index (χ4n) is 4.62. The van der Waals surface area contributed by atoms with Crippen molar-refractivity contribution in [3.8, 4) is 0 Å². The summed E-state index contributed by atoms with van der Waals surface area (Å²) >= 11 is 0. The van der Waals surface area contributed by atoms with Crippen molar-refractivity contribution in [3.63, 3.8) is 0 Å². The number of benzene rings is 1. The van der Waals surface area contributed by atoms with Crippen LogP contribution in [0.5, 0.6) is 0 Å². The lowest BCUT2D eigenvalue weighted by molar-refractivity contribution is -0.122. The smallest absolute Gasteiger partial charge is 0.231 e. The van der Waals surface area contributed by atoms with Gasteiger partial charge in [-0.25, -0.2) is 0 Å². The second kappa shape index (κ2) is 7.29. The first kappa shape index (κ1) is 21.2. The fourth-order valence-corrected chi connectivity index (χ4v) is 4.62. The lowest BCUT2D eigenvalue weighted by Crippen LogP contribution is -2.30. The van der Waals surface area contributed by atoms with Crippen LogP contribution < -0.4 is 5.32 Å². The van der Waals surface area contributed by atoms with Crippen LogP contribution in [-0.4, -0.2) is 26.6 Å². The molecule has 2 aliphatic carbocycles. The van der Waals surface area contributed by atoms with Crippen LogP contribution in [0.2, 0.25) is 0 Å². The van der Waals surface area contributed by atoms with Crippen molar-refractivity contribution >= 4 is 28.4 Å². The summed E-state index contributed by atoms with van der Waals surface area (Å²) in [6, 6.07) is 7.65. The van der Waals surface area contributed by atoms with Gasteiger partial charge in [0.1, 0.15) is 5.76 Å². The summed E-state index contributed by atoms with van der Waals surface area (Å²) in [4.78, 5) is 25.5. The van der Waals surface area contributed by atoms with Gasteiger partial charge < -0.3 is 15.5 Å². The van der Waals surface area contributed by atoms with Gasteiger partial charge in [-0.2, -0.15) is 0 Å². The maximum atomic E-state index is 13.2. The Morgan fingerprint density at radius 1 is 1.16 bits per heavy atom. The Bertz CT molecular complexity index is 1130. The van der Waals surface area contributed by atoms with Gasteiger partial charge in [-0.1, -0.05) is 26.8 Å². The van der Waals surface area contributed by atoms with E-state index in [1.165, 1.54) is 6.08 Å². The molecule has 1 aromatic carbocycles. The maximum Gasteiger partial charge on any atom is 0.231 e. The van der Waals surface area contributed by atoms with E-state index in [-0.39, 0.29) is 34.7 Å². The number of hydrogen-bond donors (Lipinski definition) is 3. The summed E-state index contributed by atoms with van der Waals surface area (Å²) in [7, 11) is 0. The van der Waals surface area contributed by atoms with Gasteiger partial charge in [-0.15, -0.1) is 0 Å². The number of rotatable bonds is 3. The third-order valence-corrected chi connectivity index (χ3v) is 6.57. The molecular formula is C25H30N2O4. The normalized spacial score (nSPS) is 20.6. The average Bonchev–Trinajstić information content (AvgIpc) is 3.42. The molecule has 2 aliphatic rings. The van der Waals surface area contributed by atoms with Gasteiger partial charge in [-0.05, 0) is 55.5 Å². The van der Waals surface area contributed by atoms with Crippen molar-refractivity contribution in [2.75, 3.05) is 5.32 Å². The molecule has 6 heteroatoms. The molecule has 1 saturated carbocycles. The number of fused-ring (bicyclic) bond motifs is 1. The van der Waals surface area contributed by atoms with Gasteiger partial charge in [0.25, 0.3) is 0 Å². The summed E-state index contributed by atoms with van der Waals surface area (Å²) in [5.41, 5.74) is 1.78. The minimum Gasteiger partial charge on any atom is -0.508 e. The number of aliphatic hydroxyl groups is 2. The Morgan fingerprint density at radius 3 is 2.48 bits per heavy atom. The first-order chi connectivity index (χ1) is 14.5. The first-order valence-corrected chi connectivity index (χ1v) is 10.8. The predicted molar refractivity (Wildman–Crippen MR) is 121 cm³/mol. The molecule has 2 aromatic rings. The van der Waals surface area contributed by atoms with Gasteiger partial charge in [0.2, 0.25) is 11.8 Å². The first-order valence-electron chi connectivity index (χ1n) is 10.8. The van der Waals surface area contributed by atoms with E-state index in [2.05, 4.69) is 26.1 Å². The number of hydrogen-bond acceptors (Lipinski definition) is 4. The number of aromatic nitrogens is 1. The summed E-state index contributed by atoms with van der Waals surface area (Å²) in [6.07, 6.45) is 5.90. The number of anilines is 1. The molecule has 0 spiro atoms. The molecular weight excluding hydrogens is 392 g/mol. The number of nitrogens with zero attached hydrogens (tertiary/aromatic N) is 1. The van der Waals surface area contributed by atoms with E-state index in [9.17, 15) is 19.8 Å². The molecule has 0 bridgehead atoms. The fraction of sp³-hybridized carbons (Fsp3) is 0.440. The second-order valence-electron chi connectivity index (χ2n) is 9.85. The Hall–Kier alpha value is -3.02. The number of nitrogens with one attached hydrogen (secondary N) is 1. The zero-order valence-corrected chi connectivity index (χ0v) is 18.5. The van der Waals surface area contributed by atoms with Crippen molar-refractivity contribution < 1.29 is 19.8 Å². The highest BCUT2D eigenvalue weighted by Gasteiger charge is 2.54. The molecule has 3 N–H and O–H groups in total. The highest BCUT2D eigenvalue weighted by atomic mass is 16.3. The molecule has 1 fully saturated rings. The lowest BCUT2D eigenvalue weighted by atomic mass is 9.84. The standard InChI is InChI=1S/C25H30N2O4/c1-15(28)27-19-8-7-18(13-16(19)14-22(27)24(2,3)4)26-23(31)25(11-12-25)17-5-9-20(29)21(30)10-6-17/h5,7-9,13-14,17,29-30H,6,10-12H2,1-4H3,(H,26,31). The molecule has 0 saturated heterocycles. The molecule has 4 rings (SSSR count). The van der Waals surface area contributed by atoms with E-state index in [0.29, 0.717) is 18.5 Å². The van der Waals surface area contributed by atoms with Crippen LogP contribution in [0.4, 0.5) is 5.69 Å². The summed E-state index contributed by atoms with van der Waals surface area (Å²) in [5.74, 6) is -0.244. The number of carbonyl (C=O) groups excluding carboxylic acids is 2. The highest BCUT2D eigenvalue weighted by molar-refractivity contribution is 6.00. The Labute approximate surface area is 182 Å². The van der Waals surface area contributed by atoms with Crippen LogP contribution >= 0.6 is 0 Å². The van der Waals surface area contributed by atoms with Crippen molar-refractivity contribution in [2.24, 2.45) is 11.3 Å². The summed E-state index contributed by atoms with van der Waals surface area (Å²) < 4.78 is 1.74. The van der Waals surface area contributed by atoms with Crippen LogP contribution in [0.1, 0.15) is 63.9 Å². The van der Waals surface area contributed by atoms with Crippen molar-refractivity contribution in [1.29, 1.82) is 0 Å². The molecule has 1 aromatic heterocycles. The van der Waals surface area contributed by atoms with Gasteiger partial charge >= 0.3 is 0 Å². The number of carbonyl (C=O) groups is 2. The van der Waals surface area contributed by atoms with E-state index in [0.717, 1.165) is 29.4 Å². The maximum absolute atomic E-state index is 13.2. The second-order valence-corrected chi connectivity index (χ2v) is 9.85. The summed E-state index contributed by atoms with van der Waals surface area (Å²) in [6.45, 7) is 7.78. The minimum atomic E-state index is -0.502. The van der Waals surface area contributed by atoms with Gasteiger partial charge in [0.05, 0.1) is 10.9 Å². The zero-order chi connectivity index (χ0) is 22.6. The average molecular weight is 423 g/mol. The Balaban J connectivity index is 1.60. The highest BCUT2D eigenvalue weighted by Crippen LogP contribution is 2.55. The quantitative estimate of drug-likeness (QED) is 0.599. The van der Waals surface area contributed by atoms with Crippen LogP contribution in [0.15, 0.2) is 47.9 Å². The molecule has 164 valence electrons. The van der Waals surface area contributed by atoms with Crippen molar-refractivity contribution in [2.45, 2.75) is 58.8 Å². The minimum absolute atomic E-state index is 0.0231. The van der Waals surface area contributed by atoms with E-state index < -0.39 is 5.41 Å². The number of allylic oxidation sites excluding steroid dienone is 3. The van der Waals surface area contributed by atoms with E-state index in [4.69, 9.17) is 0 Å². The molecule has 0 aliphatic heterocycles.